The van der Waals surface area contributed by atoms with E-state index >= 15 is 0 Å². The van der Waals surface area contributed by atoms with E-state index in [9.17, 15) is 0 Å². The fourth-order valence-electron chi connectivity index (χ4n) is 3.53. The van der Waals surface area contributed by atoms with Crippen LogP contribution in [0.15, 0.2) is 41.0 Å². The molecular weight excluding hydrogens is 354 g/mol. The highest BCUT2D eigenvalue weighted by atomic mass is 32.1. The van der Waals surface area contributed by atoms with Gasteiger partial charge in [0.1, 0.15) is 5.76 Å². The van der Waals surface area contributed by atoms with Crippen molar-refractivity contribution in [2.75, 3.05) is 31.5 Å². The molecule has 0 radical (unpaired) electrons. The van der Waals surface area contributed by atoms with Crippen LogP contribution in [0.5, 0.6) is 0 Å². The van der Waals surface area contributed by atoms with Gasteiger partial charge in [-0.2, -0.15) is 0 Å². The van der Waals surface area contributed by atoms with E-state index in [1.807, 2.05) is 12.1 Å². The Kier molecular flexibility index (Phi) is 7.30. The van der Waals surface area contributed by atoms with Crippen molar-refractivity contribution < 1.29 is 4.42 Å². The third kappa shape index (κ3) is 6.08. The number of likely N-dealkylation sites (tertiary alicyclic amines) is 1. The number of aryl methyl sites for hydroxylation is 2. The summed E-state index contributed by atoms with van der Waals surface area (Å²) in [5.41, 5.74) is 3.61. The van der Waals surface area contributed by atoms with Gasteiger partial charge in [-0.25, -0.2) is 0 Å². The number of furan rings is 1. The van der Waals surface area contributed by atoms with Crippen LogP contribution in [0, 0.1) is 13.8 Å². The minimum Gasteiger partial charge on any atom is -0.467 e. The van der Waals surface area contributed by atoms with Crippen molar-refractivity contribution in [1.82, 2.24) is 9.80 Å². The minimum absolute atomic E-state index is 0.698. The summed E-state index contributed by atoms with van der Waals surface area (Å²) in [5.74, 6) is 0.942. The van der Waals surface area contributed by atoms with Crippen LogP contribution in [0.1, 0.15) is 42.6 Å². The quantitative estimate of drug-likeness (QED) is 0.680. The molecule has 1 N–H and O–H groups in total. The topological polar surface area (TPSA) is 31.6 Å². The number of nitrogens with zero attached hydrogens (tertiary/aromatic N) is 2. The molecule has 1 saturated heterocycles. The van der Waals surface area contributed by atoms with E-state index in [2.05, 4.69) is 47.2 Å². The van der Waals surface area contributed by atoms with Gasteiger partial charge in [-0.15, -0.1) is 0 Å². The van der Waals surface area contributed by atoms with Crippen LogP contribution < -0.4 is 5.32 Å². The normalized spacial score (nSPS) is 14.9. The average Bonchev–Trinajstić information content (AvgIpc) is 3.18. The largest absolute Gasteiger partial charge is 0.467 e. The average molecular weight is 386 g/mol. The molecule has 1 aromatic heterocycles. The lowest BCUT2D eigenvalue weighted by atomic mass is 10.1. The first-order valence-electron chi connectivity index (χ1n) is 10.00. The fraction of sp³-hybridized carbons (Fsp3) is 0.500. The molecule has 5 heteroatoms. The van der Waals surface area contributed by atoms with Gasteiger partial charge >= 0.3 is 0 Å². The molecule has 27 heavy (non-hydrogen) atoms. The van der Waals surface area contributed by atoms with E-state index in [1.165, 1.54) is 43.5 Å². The van der Waals surface area contributed by atoms with Gasteiger partial charge in [-0.1, -0.05) is 12.5 Å². The summed E-state index contributed by atoms with van der Waals surface area (Å²) in [7, 11) is 0. The number of anilines is 1. The Bertz CT molecular complexity index is 723. The SMILES string of the molecule is Cc1ccc(NC(=S)N(CCCN2CCCCC2)Cc2ccco2)cc1C. The molecular formula is C22H31N3OS. The number of thiocarbonyl (C=S) groups is 1. The number of hydrogen-bond acceptors (Lipinski definition) is 3. The zero-order valence-electron chi connectivity index (χ0n) is 16.5. The number of rotatable bonds is 7. The fourth-order valence-corrected chi connectivity index (χ4v) is 3.81. The smallest absolute Gasteiger partial charge is 0.173 e. The molecule has 1 aliphatic heterocycles. The van der Waals surface area contributed by atoms with Gasteiger partial charge < -0.3 is 19.5 Å². The van der Waals surface area contributed by atoms with E-state index in [1.54, 1.807) is 6.26 Å². The Hall–Kier alpha value is -1.85. The second kappa shape index (κ2) is 9.90. The Morgan fingerprint density at radius 3 is 2.67 bits per heavy atom. The predicted molar refractivity (Wildman–Crippen MR) is 116 cm³/mol. The molecule has 0 amide bonds. The lowest BCUT2D eigenvalue weighted by molar-refractivity contribution is 0.217. The van der Waals surface area contributed by atoms with Crippen LogP contribution in [-0.2, 0) is 6.54 Å². The van der Waals surface area contributed by atoms with Gasteiger partial charge in [0.05, 0.1) is 12.8 Å². The second-order valence-corrected chi connectivity index (χ2v) is 7.87. The highest BCUT2D eigenvalue weighted by Gasteiger charge is 2.14. The van der Waals surface area contributed by atoms with Crippen LogP contribution in [-0.4, -0.2) is 41.1 Å². The van der Waals surface area contributed by atoms with Crippen molar-refractivity contribution >= 4 is 23.0 Å². The Labute approximate surface area is 168 Å². The molecule has 1 aromatic carbocycles. The van der Waals surface area contributed by atoms with Gasteiger partial charge in [-0.05, 0) is 100 Å². The van der Waals surface area contributed by atoms with E-state index < -0.39 is 0 Å². The summed E-state index contributed by atoms with van der Waals surface area (Å²) < 4.78 is 5.56. The van der Waals surface area contributed by atoms with Crippen LogP contribution in [0.4, 0.5) is 5.69 Å². The molecule has 0 spiro atoms. The summed E-state index contributed by atoms with van der Waals surface area (Å²) in [5, 5.41) is 4.17. The van der Waals surface area contributed by atoms with E-state index in [4.69, 9.17) is 16.6 Å². The van der Waals surface area contributed by atoms with Crippen molar-refractivity contribution in [3.05, 3.63) is 53.5 Å². The highest BCUT2D eigenvalue weighted by molar-refractivity contribution is 7.80. The number of benzene rings is 1. The van der Waals surface area contributed by atoms with Crippen molar-refractivity contribution in [2.45, 2.75) is 46.1 Å². The summed E-state index contributed by atoms with van der Waals surface area (Å²) in [6, 6.07) is 10.3. The van der Waals surface area contributed by atoms with Crippen LogP contribution in [0.25, 0.3) is 0 Å². The number of piperidine rings is 1. The maximum absolute atomic E-state index is 5.74. The van der Waals surface area contributed by atoms with Gasteiger partial charge in [0.25, 0.3) is 0 Å². The zero-order valence-corrected chi connectivity index (χ0v) is 17.4. The van der Waals surface area contributed by atoms with E-state index in [-0.39, 0.29) is 0 Å². The first-order valence-corrected chi connectivity index (χ1v) is 10.4. The molecule has 0 aliphatic carbocycles. The van der Waals surface area contributed by atoms with Crippen molar-refractivity contribution in [3.63, 3.8) is 0 Å². The standard InChI is InChI=1S/C22H31N3OS/c1-18-9-10-20(16-19(18)2)23-22(27)25(17-21-8-6-15-26-21)14-7-13-24-11-4-3-5-12-24/h6,8-10,15-16H,3-5,7,11-14,17H2,1-2H3,(H,23,27). The van der Waals surface area contributed by atoms with Gasteiger partial charge in [0, 0.05) is 12.2 Å². The van der Waals surface area contributed by atoms with Crippen LogP contribution in [0.2, 0.25) is 0 Å². The molecule has 4 nitrogen and oxygen atoms in total. The third-order valence-corrected chi connectivity index (χ3v) is 5.68. The number of hydrogen-bond donors (Lipinski definition) is 1. The number of nitrogens with one attached hydrogen (secondary N) is 1. The van der Waals surface area contributed by atoms with Crippen molar-refractivity contribution in [1.29, 1.82) is 0 Å². The van der Waals surface area contributed by atoms with Crippen molar-refractivity contribution in [2.24, 2.45) is 0 Å². The van der Waals surface area contributed by atoms with E-state index in [0.29, 0.717) is 6.54 Å². The van der Waals surface area contributed by atoms with Crippen LogP contribution in [0.3, 0.4) is 0 Å². The molecule has 2 heterocycles. The summed E-state index contributed by atoms with van der Waals surface area (Å²) in [4.78, 5) is 4.79. The molecule has 0 unspecified atom stereocenters. The minimum atomic E-state index is 0.698. The van der Waals surface area contributed by atoms with Crippen molar-refractivity contribution in [3.8, 4) is 0 Å². The molecule has 3 rings (SSSR count). The first kappa shape index (κ1) is 19.9. The van der Waals surface area contributed by atoms with Crippen LogP contribution >= 0.6 is 12.2 Å². The predicted octanol–water partition coefficient (Wildman–Crippen LogP) is 4.97. The monoisotopic (exact) mass is 385 g/mol. The Morgan fingerprint density at radius 2 is 1.96 bits per heavy atom. The molecule has 0 saturated carbocycles. The molecule has 0 bridgehead atoms. The highest BCUT2D eigenvalue weighted by Crippen LogP contribution is 2.16. The molecule has 1 fully saturated rings. The lowest BCUT2D eigenvalue weighted by Gasteiger charge is -2.29. The zero-order chi connectivity index (χ0) is 19.1. The van der Waals surface area contributed by atoms with E-state index in [0.717, 1.165) is 36.1 Å². The summed E-state index contributed by atoms with van der Waals surface area (Å²) in [6.07, 6.45) is 6.88. The summed E-state index contributed by atoms with van der Waals surface area (Å²) >= 11 is 5.74. The Morgan fingerprint density at radius 1 is 1.15 bits per heavy atom. The molecule has 2 aromatic rings. The molecule has 146 valence electrons. The summed E-state index contributed by atoms with van der Waals surface area (Å²) in [6.45, 7) is 9.50. The lowest BCUT2D eigenvalue weighted by Crippen LogP contribution is -2.37. The van der Waals surface area contributed by atoms with Gasteiger partial charge in [0.2, 0.25) is 0 Å². The molecule has 0 atom stereocenters. The Balaban J connectivity index is 1.59. The maximum Gasteiger partial charge on any atom is 0.173 e. The first-order chi connectivity index (χ1) is 13.1. The van der Waals surface area contributed by atoms with Gasteiger partial charge in [-0.3, -0.25) is 0 Å². The third-order valence-electron chi connectivity index (χ3n) is 5.32. The maximum atomic E-state index is 5.74. The molecule has 1 aliphatic rings. The second-order valence-electron chi connectivity index (χ2n) is 7.49. The van der Waals surface area contributed by atoms with Gasteiger partial charge in [0.15, 0.2) is 5.11 Å².